The molecule has 0 saturated heterocycles. The fraction of sp³-hybridized carbons (Fsp3) is 0.333. The predicted molar refractivity (Wildman–Crippen MR) is 110 cm³/mol. The van der Waals surface area contributed by atoms with E-state index in [-0.39, 0.29) is 32.2 Å². The normalized spacial score (nSPS) is 11.5. The standard InChI is InChI=1S/C18H21Cl2N3O4S/c1-4-23(5-2)28(25,26)15-11-12(7-8-13(15)19)21-18(24)17-14(20)9-10-16(22-17)27-6-3/h7-11H,4-6H2,1-3H3,(H,21,24). The Hall–Kier alpha value is -1.87. The number of pyridine rings is 1. The summed E-state index contributed by atoms with van der Waals surface area (Å²) >= 11 is 12.2. The Morgan fingerprint density at radius 2 is 1.75 bits per heavy atom. The van der Waals surface area contributed by atoms with E-state index in [1.807, 2.05) is 0 Å². The first-order valence-corrected chi connectivity index (χ1v) is 10.8. The second kappa shape index (κ2) is 9.56. The van der Waals surface area contributed by atoms with Crippen LogP contribution in [0.3, 0.4) is 0 Å². The van der Waals surface area contributed by atoms with Crippen molar-refractivity contribution in [2.75, 3.05) is 25.0 Å². The van der Waals surface area contributed by atoms with Gasteiger partial charge in [-0.1, -0.05) is 37.0 Å². The van der Waals surface area contributed by atoms with Gasteiger partial charge in [0, 0.05) is 24.8 Å². The molecule has 0 fully saturated rings. The van der Waals surface area contributed by atoms with Gasteiger partial charge < -0.3 is 10.1 Å². The Morgan fingerprint density at radius 1 is 1.11 bits per heavy atom. The predicted octanol–water partition coefficient (Wildman–Crippen LogP) is 4.07. The van der Waals surface area contributed by atoms with Gasteiger partial charge in [-0.2, -0.15) is 4.31 Å². The number of nitrogens with zero attached hydrogens (tertiary/aromatic N) is 2. The van der Waals surface area contributed by atoms with Crippen molar-refractivity contribution in [1.82, 2.24) is 9.29 Å². The zero-order valence-corrected chi connectivity index (χ0v) is 18.0. The summed E-state index contributed by atoms with van der Waals surface area (Å²) in [5.74, 6) is -0.335. The highest BCUT2D eigenvalue weighted by Crippen LogP contribution is 2.28. The molecule has 2 aromatic rings. The van der Waals surface area contributed by atoms with Crippen molar-refractivity contribution in [2.45, 2.75) is 25.7 Å². The van der Waals surface area contributed by atoms with Gasteiger partial charge in [0.05, 0.1) is 16.7 Å². The number of ether oxygens (including phenoxy) is 1. The Balaban J connectivity index is 2.36. The summed E-state index contributed by atoms with van der Waals surface area (Å²) in [7, 11) is -3.79. The topological polar surface area (TPSA) is 88.6 Å². The van der Waals surface area contributed by atoms with Gasteiger partial charge in [0.2, 0.25) is 15.9 Å². The van der Waals surface area contributed by atoms with Crippen LogP contribution in [-0.2, 0) is 10.0 Å². The zero-order valence-electron chi connectivity index (χ0n) is 15.7. The van der Waals surface area contributed by atoms with Gasteiger partial charge >= 0.3 is 0 Å². The van der Waals surface area contributed by atoms with Gasteiger partial charge in [-0.25, -0.2) is 13.4 Å². The second-order valence-electron chi connectivity index (χ2n) is 5.60. The number of amides is 1. The maximum atomic E-state index is 12.8. The van der Waals surface area contributed by atoms with E-state index in [9.17, 15) is 13.2 Å². The van der Waals surface area contributed by atoms with Crippen LogP contribution in [0.4, 0.5) is 5.69 Å². The van der Waals surface area contributed by atoms with E-state index in [0.29, 0.717) is 19.7 Å². The highest BCUT2D eigenvalue weighted by molar-refractivity contribution is 7.89. The van der Waals surface area contributed by atoms with Gasteiger partial charge in [0.15, 0.2) is 5.69 Å². The average molecular weight is 446 g/mol. The van der Waals surface area contributed by atoms with E-state index >= 15 is 0 Å². The number of hydrogen-bond acceptors (Lipinski definition) is 5. The number of aromatic nitrogens is 1. The lowest BCUT2D eigenvalue weighted by molar-refractivity contribution is 0.102. The van der Waals surface area contributed by atoms with Gasteiger partial charge in [-0.05, 0) is 31.2 Å². The molecule has 0 bridgehead atoms. The third-order valence-corrected chi connectivity index (χ3v) is 6.68. The van der Waals surface area contributed by atoms with Crippen LogP contribution < -0.4 is 10.1 Å². The van der Waals surface area contributed by atoms with E-state index in [0.717, 1.165) is 0 Å². The molecule has 1 amide bonds. The summed E-state index contributed by atoms with van der Waals surface area (Å²) in [5.41, 5.74) is 0.218. The van der Waals surface area contributed by atoms with Crippen LogP contribution in [0.2, 0.25) is 10.0 Å². The van der Waals surface area contributed by atoms with E-state index < -0.39 is 15.9 Å². The second-order valence-corrected chi connectivity index (χ2v) is 8.32. The number of anilines is 1. The van der Waals surface area contributed by atoms with E-state index in [4.69, 9.17) is 27.9 Å². The smallest absolute Gasteiger partial charge is 0.275 e. The molecule has 0 unspecified atom stereocenters. The van der Waals surface area contributed by atoms with Crippen molar-refractivity contribution < 1.29 is 17.9 Å². The molecule has 10 heteroatoms. The van der Waals surface area contributed by atoms with Crippen molar-refractivity contribution >= 4 is 44.8 Å². The Bertz CT molecular complexity index is 963. The van der Waals surface area contributed by atoms with Crippen molar-refractivity contribution in [3.05, 3.63) is 46.1 Å². The molecule has 7 nitrogen and oxygen atoms in total. The van der Waals surface area contributed by atoms with Crippen LogP contribution in [0.25, 0.3) is 0 Å². The summed E-state index contributed by atoms with van der Waals surface area (Å²) in [6, 6.07) is 7.29. The van der Waals surface area contributed by atoms with E-state index in [1.54, 1.807) is 26.8 Å². The number of rotatable bonds is 8. The molecule has 1 N–H and O–H groups in total. The molecular formula is C18H21Cl2N3O4S. The van der Waals surface area contributed by atoms with Crippen LogP contribution in [0.15, 0.2) is 35.2 Å². The number of nitrogens with one attached hydrogen (secondary N) is 1. The first-order valence-electron chi connectivity index (χ1n) is 8.64. The number of benzene rings is 1. The largest absolute Gasteiger partial charge is 0.478 e. The molecule has 0 aliphatic carbocycles. The van der Waals surface area contributed by atoms with E-state index in [1.165, 1.54) is 28.6 Å². The van der Waals surface area contributed by atoms with Crippen LogP contribution in [0.5, 0.6) is 5.88 Å². The van der Waals surface area contributed by atoms with Crippen molar-refractivity contribution in [3.8, 4) is 5.88 Å². The van der Waals surface area contributed by atoms with E-state index in [2.05, 4.69) is 10.3 Å². The molecule has 152 valence electrons. The molecule has 1 aromatic carbocycles. The maximum Gasteiger partial charge on any atom is 0.275 e. The lowest BCUT2D eigenvalue weighted by Crippen LogP contribution is -2.30. The molecule has 1 aromatic heterocycles. The highest BCUT2D eigenvalue weighted by atomic mass is 35.5. The number of sulfonamides is 1. The van der Waals surface area contributed by atoms with Crippen LogP contribution in [0.1, 0.15) is 31.3 Å². The van der Waals surface area contributed by atoms with Crippen LogP contribution >= 0.6 is 23.2 Å². The van der Waals surface area contributed by atoms with Gasteiger partial charge in [-0.15, -0.1) is 0 Å². The summed E-state index contributed by atoms with van der Waals surface area (Å²) in [6.07, 6.45) is 0. The molecule has 0 aliphatic rings. The Kier molecular flexibility index (Phi) is 7.65. The van der Waals surface area contributed by atoms with Gasteiger partial charge in [0.1, 0.15) is 4.90 Å². The fourth-order valence-corrected chi connectivity index (χ4v) is 4.63. The highest BCUT2D eigenvalue weighted by Gasteiger charge is 2.25. The third-order valence-electron chi connectivity index (χ3n) is 3.84. The lowest BCUT2D eigenvalue weighted by atomic mass is 10.3. The first kappa shape index (κ1) is 22.4. The number of hydrogen-bond donors (Lipinski definition) is 1. The average Bonchev–Trinajstić information content (AvgIpc) is 2.65. The molecule has 0 radical (unpaired) electrons. The monoisotopic (exact) mass is 445 g/mol. The fourth-order valence-electron chi connectivity index (χ4n) is 2.48. The summed E-state index contributed by atoms with van der Waals surface area (Å²) in [5, 5.41) is 2.81. The molecular weight excluding hydrogens is 425 g/mol. The van der Waals surface area contributed by atoms with Crippen molar-refractivity contribution in [1.29, 1.82) is 0 Å². The molecule has 0 aliphatic heterocycles. The summed E-state index contributed by atoms with van der Waals surface area (Å²) < 4.78 is 32.1. The molecule has 0 spiro atoms. The van der Waals surface area contributed by atoms with Crippen molar-refractivity contribution in [3.63, 3.8) is 0 Å². The minimum Gasteiger partial charge on any atom is -0.478 e. The Morgan fingerprint density at radius 3 is 2.36 bits per heavy atom. The quantitative estimate of drug-likeness (QED) is 0.661. The molecule has 0 atom stereocenters. The third kappa shape index (κ3) is 4.94. The molecule has 0 saturated carbocycles. The SMILES string of the molecule is CCOc1ccc(Cl)c(C(=O)Nc2ccc(Cl)c(S(=O)(=O)N(CC)CC)c2)n1. The molecule has 28 heavy (non-hydrogen) atoms. The van der Waals surface area contributed by atoms with Crippen molar-refractivity contribution in [2.24, 2.45) is 0 Å². The Labute approximate surface area is 174 Å². The summed E-state index contributed by atoms with van der Waals surface area (Å²) in [4.78, 5) is 16.6. The van der Waals surface area contributed by atoms with Gasteiger partial charge in [-0.3, -0.25) is 4.79 Å². The summed E-state index contributed by atoms with van der Waals surface area (Å²) in [6.45, 7) is 6.26. The maximum absolute atomic E-state index is 12.8. The minimum absolute atomic E-state index is 0.0317. The number of carbonyl (C=O) groups excluding carboxylic acids is 1. The van der Waals surface area contributed by atoms with Gasteiger partial charge in [0.25, 0.3) is 5.91 Å². The first-order chi connectivity index (χ1) is 13.2. The number of halogens is 2. The zero-order chi connectivity index (χ0) is 20.9. The molecule has 1 heterocycles. The van der Waals surface area contributed by atoms with Crippen LogP contribution in [-0.4, -0.2) is 43.3 Å². The molecule has 2 rings (SSSR count). The lowest BCUT2D eigenvalue weighted by Gasteiger charge is -2.19. The number of carbonyl (C=O) groups is 1. The van der Waals surface area contributed by atoms with Crippen LogP contribution in [0, 0.1) is 0 Å². The minimum atomic E-state index is -3.79.